The Morgan fingerprint density at radius 2 is 2.00 bits per heavy atom. The van der Waals surface area contributed by atoms with E-state index >= 15 is 0 Å². The number of ether oxygens (including phenoxy) is 1. The molecule has 0 spiro atoms. The van der Waals surface area contributed by atoms with Crippen LogP contribution >= 0.6 is 0 Å². The lowest BCUT2D eigenvalue weighted by Gasteiger charge is -2.26. The van der Waals surface area contributed by atoms with Crippen molar-refractivity contribution in [2.24, 2.45) is 0 Å². The van der Waals surface area contributed by atoms with Crippen LogP contribution in [0.15, 0.2) is 24.3 Å². The third-order valence-corrected chi connectivity index (χ3v) is 2.08. The van der Waals surface area contributed by atoms with E-state index in [1.54, 1.807) is 0 Å². The molecule has 1 aromatic rings. The van der Waals surface area contributed by atoms with Gasteiger partial charge in [-0.2, -0.15) is 0 Å². The summed E-state index contributed by atoms with van der Waals surface area (Å²) in [5.74, 6) is -0.521. The highest BCUT2D eigenvalue weighted by atomic mass is 19.1. The highest BCUT2D eigenvalue weighted by Gasteiger charge is 2.20. The molecule has 0 aliphatic carbocycles. The number of carbonyl (C=O) groups is 1. The van der Waals surface area contributed by atoms with Crippen LogP contribution in [0.2, 0.25) is 0 Å². The molecule has 0 atom stereocenters. The molecule has 0 aromatic heterocycles. The number of hydrogen-bond donors (Lipinski definition) is 1. The van der Waals surface area contributed by atoms with Crippen molar-refractivity contribution >= 4 is 5.91 Å². The molecular weight excluding hydrogens is 185 g/mol. The Bertz CT molecular complexity index is 332. The van der Waals surface area contributed by atoms with Crippen LogP contribution in [0.1, 0.15) is 10.4 Å². The molecule has 0 unspecified atom stereocenters. The number of benzene rings is 1. The predicted molar refractivity (Wildman–Crippen MR) is 48.5 cm³/mol. The van der Waals surface area contributed by atoms with Crippen LogP contribution in [-0.2, 0) is 4.74 Å². The smallest absolute Gasteiger partial charge is 0.251 e. The molecule has 2 rings (SSSR count). The van der Waals surface area contributed by atoms with Gasteiger partial charge in [0.2, 0.25) is 0 Å². The minimum atomic E-state index is -0.339. The Morgan fingerprint density at radius 3 is 2.50 bits per heavy atom. The van der Waals surface area contributed by atoms with Crippen molar-refractivity contribution in [1.29, 1.82) is 0 Å². The first-order valence-corrected chi connectivity index (χ1v) is 4.40. The zero-order valence-electron chi connectivity index (χ0n) is 7.50. The van der Waals surface area contributed by atoms with Crippen molar-refractivity contribution in [2.75, 3.05) is 13.2 Å². The third-order valence-electron chi connectivity index (χ3n) is 2.08. The van der Waals surface area contributed by atoms with E-state index in [4.69, 9.17) is 4.74 Å². The molecule has 4 heteroatoms. The fourth-order valence-corrected chi connectivity index (χ4v) is 1.19. The molecule has 1 aliphatic rings. The summed E-state index contributed by atoms with van der Waals surface area (Å²) in [6, 6.07) is 5.57. The van der Waals surface area contributed by atoms with Crippen LogP contribution in [0.25, 0.3) is 0 Å². The second kappa shape index (κ2) is 3.75. The Kier molecular flexibility index (Phi) is 2.45. The van der Waals surface area contributed by atoms with E-state index in [9.17, 15) is 9.18 Å². The zero-order valence-corrected chi connectivity index (χ0v) is 7.50. The second-order valence-corrected chi connectivity index (χ2v) is 3.21. The van der Waals surface area contributed by atoms with Gasteiger partial charge in [-0.05, 0) is 24.3 Å². The quantitative estimate of drug-likeness (QED) is 0.763. The average molecular weight is 195 g/mol. The molecule has 1 N–H and O–H groups in total. The summed E-state index contributed by atoms with van der Waals surface area (Å²) in [5.41, 5.74) is 0.471. The van der Waals surface area contributed by atoms with Crippen LogP contribution in [0.3, 0.4) is 0 Å². The molecule has 0 saturated carbocycles. The van der Waals surface area contributed by atoms with Crippen molar-refractivity contribution in [2.45, 2.75) is 6.04 Å². The first-order valence-electron chi connectivity index (χ1n) is 4.40. The van der Waals surface area contributed by atoms with E-state index in [1.165, 1.54) is 24.3 Å². The molecular formula is C10H10FNO2. The van der Waals surface area contributed by atoms with Crippen LogP contribution < -0.4 is 5.32 Å². The number of rotatable bonds is 2. The minimum Gasteiger partial charge on any atom is -0.377 e. The summed E-state index contributed by atoms with van der Waals surface area (Å²) >= 11 is 0. The lowest BCUT2D eigenvalue weighted by Crippen LogP contribution is -2.48. The third kappa shape index (κ3) is 1.90. The van der Waals surface area contributed by atoms with Gasteiger partial charge in [-0.3, -0.25) is 4.79 Å². The maximum atomic E-state index is 12.5. The highest BCUT2D eigenvalue weighted by molar-refractivity contribution is 5.94. The van der Waals surface area contributed by atoms with Crippen molar-refractivity contribution < 1.29 is 13.9 Å². The first kappa shape index (κ1) is 9.15. The van der Waals surface area contributed by atoms with Gasteiger partial charge in [0.05, 0.1) is 19.3 Å². The lowest BCUT2D eigenvalue weighted by atomic mass is 10.2. The average Bonchev–Trinajstić information content (AvgIpc) is 2.12. The van der Waals surface area contributed by atoms with E-state index in [-0.39, 0.29) is 17.8 Å². The van der Waals surface area contributed by atoms with Crippen LogP contribution in [0.5, 0.6) is 0 Å². The fourth-order valence-electron chi connectivity index (χ4n) is 1.19. The van der Waals surface area contributed by atoms with Crippen molar-refractivity contribution in [3.8, 4) is 0 Å². The van der Waals surface area contributed by atoms with E-state index in [0.717, 1.165) is 0 Å². The van der Waals surface area contributed by atoms with Crippen LogP contribution in [0, 0.1) is 5.82 Å². The van der Waals surface area contributed by atoms with Gasteiger partial charge in [-0.1, -0.05) is 0 Å². The summed E-state index contributed by atoms with van der Waals surface area (Å²) in [6.45, 7) is 1.12. The van der Waals surface area contributed by atoms with Gasteiger partial charge in [0.1, 0.15) is 5.82 Å². The minimum absolute atomic E-state index is 0.104. The maximum absolute atomic E-state index is 12.5. The van der Waals surface area contributed by atoms with E-state index in [2.05, 4.69) is 5.32 Å². The molecule has 1 aromatic carbocycles. The number of amides is 1. The Labute approximate surface area is 80.9 Å². The van der Waals surface area contributed by atoms with Gasteiger partial charge in [-0.25, -0.2) is 4.39 Å². The predicted octanol–water partition coefficient (Wildman–Crippen LogP) is 0.954. The summed E-state index contributed by atoms with van der Waals surface area (Å²) in [5, 5.41) is 2.77. The number of carbonyl (C=O) groups excluding carboxylic acids is 1. The number of halogens is 1. The number of hydrogen-bond acceptors (Lipinski definition) is 2. The monoisotopic (exact) mass is 195 g/mol. The Morgan fingerprint density at radius 1 is 1.36 bits per heavy atom. The van der Waals surface area contributed by atoms with Gasteiger partial charge in [0.25, 0.3) is 5.91 Å². The van der Waals surface area contributed by atoms with Gasteiger partial charge in [0, 0.05) is 5.56 Å². The Hall–Kier alpha value is -1.42. The molecule has 1 saturated heterocycles. The van der Waals surface area contributed by atoms with E-state index < -0.39 is 0 Å². The molecule has 0 radical (unpaired) electrons. The first-order chi connectivity index (χ1) is 6.75. The standard InChI is InChI=1S/C10H10FNO2/c11-8-3-1-7(2-4-8)10(13)12-9-5-14-6-9/h1-4,9H,5-6H2,(H,12,13). The van der Waals surface area contributed by atoms with Crippen molar-refractivity contribution in [1.82, 2.24) is 5.32 Å². The zero-order chi connectivity index (χ0) is 9.97. The van der Waals surface area contributed by atoms with Gasteiger partial charge >= 0.3 is 0 Å². The van der Waals surface area contributed by atoms with E-state index in [0.29, 0.717) is 18.8 Å². The summed E-state index contributed by atoms with van der Waals surface area (Å²) in [6.07, 6.45) is 0. The molecule has 0 bridgehead atoms. The van der Waals surface area contributed by atoms with Gasteiger partial charge < -0.3 is 10.1 Å². The lowest BCUT2D eigenvalue weighted by molar-refractivity contribution is -0.00346. The molecule has 1 aliphatic heterocycles. The maximum Gasteiger partial charge on any atom is 0.251 e. The largest absolute Gasteiger partial charge is 0.377 e. The normalized spacial score (nSPS) is 16.1. The Balaban J connectivity index is 1.99. The topological polar surface area (TPSA) is 38.3 Å². The molecule has 14 heavy (non-hydrogen) atoms. The molecule has 1 fully saturated rings. The van der Waals surface area contributed by atoms with Crippen molar-refractivity contribution in [3.05, 3.63) is 35.6 Å². The van der Waals surface area contributed by atoms with Crippen LogP contribution in [0.4, 0.5) is 4.39 Å². The number of nitrogens with one attached hydrogen (secondary N) is 1. The SMILES string of the molecule is O=C(NC1COC1)c1ccc(F)cc1. The van der Waals surface area contributed by atoms with Crippen molar-refractivity contribution in [3.63, 3.8) is 0 Å². The van der Waals surface area contributed by atoms with Gasteiger partial charge in [-0.15, -0.1) is 0 Å². The summed E-state index contributed by atoms with van der Waals surface area (Å²) in [4.78, 5) is 11.5. The second-order valence-electron chi connectivity index (χ2n) is 3.21. The highest BCUT2D eigenvalue weighted by Crippen LogP contribution is 2.05. The molecule has 74 valence electrons. The van der Waals surface area contributed by atoms with Crippen LogP contribution in [-0.4, -0.2) is 25.2 Å². The summed E-state index contributed by atoms with van der Waals surface area (Å²) in [7, 11) is 0. The van der Waals surface area contributed by atoms with Gasteiger partial charge in [0.15, 0.2) is 0 Å². The molecule has 1 heterocycles. The summed E-state index contributed by atoms with van der Waals surface area (Å²) < 4.78 is 17.5. The molecule has 3 nitrogen and oxygen atoms in total. The molecule has 1 amide bonds. The van der Waals surface area contributed by atoms with E-state index in [1.807, 2.05) is 0 Å². The fraction of sp³-hybridized carbons (Fsp3) is 0.300.